The van der Waals surface area contributed by atoms with Crippen LogP contribution >= 0.6 is 0 Å². The zero-order valence-corrected chi connectivity index (χ0v) is 12.5. The molecule has 20 heavy (non-hydrogen) atoms. The summed E-state index contributed by atoms with van der Waals surface area (Å²) in [5, 5.41) is 4.18. The zero-order chi connectivity index (χ0) is 14.5. The SMILES string of the molecule is CCOC(=O)c1cnn(C)c1CN1CCC(COC)C1. The highest BCUT2D eigenvalue weighted by molar-refractivity contribution is 5.90. The molecule has 2 rings (SSSR count). The van der Waals surface area contributed by atoms with E-state index in [2.05, 4.69) is 10.00 Å². The van der Waals surface area contributed by atoms with Crippen LogP contribution in [0.2, 0.25) is 0 Å². The van der Waals surface area contributed by atoms with Crippen LogP contribution in [0.3, 0.4) is 0 Å². The van der Waals surface area contributed by atoms with Crippen LogP contribution in [0, 0.1) is 5.92 Å². The van der Waals surface area contributed by atoms with Gasteiger partial charge in [0.1, 0.15) is 5.56 Å². The topological polar surface area (TPSA) is 56.6 Å². The van der Waals surface area contributed by atoms with E-state index in [9.17, 15) is 4.79 Å². The van der Waals surface area contributed by atoms with Crippen LogP contribution in [-0.4, -0.2) is 54.1 Å². The van der Waals surface area contributed by atoms with Crippen molar-refractivity contribution in [2.24, 2.45) is 13.0 Å². The standard InChI is InChI=1S/C14H23N3O3/c1-4-20-14(18)12-7-15-16(2)13(12)9-17-6-5-11(8-17)10-19-3/h7,11H,4-6,8-10H2,1-3H3. The van der Waals surface area contributed by atoms with Crippen molar-refractivity contribution < 1.29 is 14.3 Å². The number of carbonyl (C=O) groups excluding carboxylic acids is 1. The molecule has 6 nitrogen and oxygen atoms in total. The Morgan fingerprint density at radius 3 is 3.05 bits per heavy atom. The molecule has 1 aliphatic heterocycles. The van der Waals surface area contributed by atoms with E-state index >= 15 is 0 Å². The van der Waals surface area contributed by atoms with E-state index in [-0.39, 0.29) is 5.97 Å². The van der Waals surface area contributed by atoms with Crippen molar-refractivity contribution in [1.82, 2.24) is 14.7 Å². The lowest BCUT2D eigenvalue weighted by atomic mass is 10.1. The molecule has 2 heterocycles. The number of ether oxygens (including phenoxy) is 2. The molecular weight excluding hydrogens is 258 g/mol. The number of rotatable bonds is 6. The van der Waals surface area contributed by atoms with Gasteiger partial charge in [-0.2, -0.15) is 5.10 Å². The minimum absolute atomic E-state index is 0.289. The Hall–Kier alpha value is -1.40. The van der Waals surface area contributed by atoms with E-state index in [0.717, 1.165) is 38.4 Å². The molecule has 1 unspecified atom stereocenters. The Bertz CT molecular complexity index is 459. The number of aryl methyl sites for hydroxylation is 1. The van der Waals surface area contributed by atoms with E-state index in [4.69, 9.17) is 9.47 Å². The van der Waals surface area contributed by atoms with Crippen LogP contribution in [-0.2, 0) is 23.1 Å². The number of nitrogens with zero attached hydrogens (tertiary/aromatic N) is 3. The summed E-state index contributed by atoms with van der Waals surface area (Å²) in [7, 11) is 3.60. The first-order valence-corrected chi connectivity index (χ1v) is 7.05. The molecule has 0 saturated carbocycles. The molecule has 1 fully saturated rings. The van der Waals surface area contributed by atoms with Gasteiger partial charge in [0.2, 0.25) is 0 Å². The highest BCUT2D eigenvalue weighted by atomic mass is 16.5. The molecule has 6 heteroatoms. The summed E-state index contributed by atoms with van der Waals surface area (Å²) in [4.78, 5) is 14.2. The van der Waals surface area contributed by atoms with Gasteiger partial charge in [-0.15, -0.1) is 0 Å². The van der Waals surface area contributed by atoms with Crippen molar-refractivity contribution in [3.05, 3.63) is 17.5 Å². The van der Waals surface area contributed by atoms with Crippen molar-refractivity contribution in [2.45, 2.75) is 19.9 Å². The fraction of sp³-hybridized carbons (Fsp3) is 0.714. The van der Waals surface area contributed by atoms with Crippen LogP contribution in [0.4, 0.5) is 0 Å². The number of hydrogen-bond acceptors (Lipinski definition) is 5. The summed E-state index contributed by atoms with van der Waals surface area (Å²) in [6, 6.07) is 0. The van der Waals surface area contributed by atoms with Gasteiger partial charge < -0.3 is 9.47 Å². The number of aromatic nitrogens is 2. The van der Waals surface area contributed by atoms with Crippen molar-refractivity contribution in [1.29, 1.82) is 0 Å². The van der Waals surface area contributed by atoms with Crippen LogP contribution in [0.25, 0.3) is 0 Å². The predicted molar refractivity (Wildman–Crippen MR) is 74.4 cm³/mol. The fourth-order valence-corrected chi connectivity index (χ4v) is 2.67. The Labute approximate surface area is 119 Å². The summed E-state index contributed by atoms with van der Waals surface area (Å²) in [6.45, 7) is 5.75. The second-order valence-corrected chi connectivity index (χ2v) is 5.19. The number of hydrogen-bond donors (Lipinski definition) is 0. The minimum Gasteiger partial charge on any atom is -0.462 e. The van der Waals surface area contributed by atoms with Gasteiger partial charge in [-0.3, -0.25) is 9.58 Å². The third-order valence-corrected chi connectivity index (χ3v) is 3.70. The summed E-state index contributed by atoms with van der Waals surface area (Å²) in [5.41, 5.74) is 1.49. The van der Waals surface area contributed by atoms with Gasteiger partial charge in [0.25, 0.3) is 0 Å². The molecule has 1 saturated heterocycles. The summed E-state index contributed by atoms with van der Waals surface area (Å²) in [5.74, 6) is 0.294. The fourth-order valence-electron chi connectivity index (χ4n) is 2.67. The molecule has 0 aromatic carbocycles. The molecule has 1 aromatic rings. The maximum Gasteiger partial charge on any atom is 0.341 e. The average Bonchev–Trinajstić information content (AvgIpc) is 2.99. The van der Waals surface area contributed by atoms with E-state index in [0.29, 0.717) is 18.1 Å². The summed E-state index contributed by atoms with van der Waals surface area (Å²) < 4.78 is 12.0. The smallest absolute Gasteiger partial charge is 0.341 e. The van der Waals surface area contributed by atoms with Crippen LogP contribution in [0.15, 0.2) is 6.20 Å². The lowest BCUT2D eigenvalue weighted by molar-refractivity contribution is 0.0523. The Morgan fingerprint density at radius 1 is 1.55 bits per heavy atom. The van der Waals surface area contributed by atoms with Gasteiger partial charge in [-0.25, -0.2) is 4.79 Å². The van der Waals surface area contributed by atoms with Crippen LogP contribution in [0.5, 0.6) is 0 Å². The van der Waals surface area contributed by atoms with Gasteiger partial charge in [0, 0.05) is 27.2 Å². The van der Waals surface area contributed by atoms with E-state index in [1.165, 1.54) is 0 Å². The van der Waals surface area contributed by atoms with Crippen LogP contribution < -0.4 is 0 Å². The van der Waals surface area contributed by atoms with Crippen molar-refractivity contribution >= 4 is 5.97 Å². The first-order valence-electron chi connectivity index (χ1n) is 7.05. The Kier molecular flexibility index (Phi) is 5.14. The molecule has 112 valence electrons. The third kappa shape index (κ3) is 3.37. The van der Waals surface area contributed by atoms with Crippen molar-refractivity contribution in [2.75, 3.05) is 33.4 Å². The highest BCUT2D eigenvalue weighted by Gasteiger charge is 2.25. The van der Waals surface area contributed by atoms with E-state index in [1.807, 2.05) is 14.0 Å². The van der Waals surface area contributed by atoms with Gasteiger partial charge in [0.15, 0.2) is 0 Å². The monoisotopic (exact) mass is 281 g/mol. The molecule has 1 aliphatic rings. The molecular formula is C14H23N3O3. The minimum atomic E-state index is -0.289. The van der Waals surface area contributed by atoms with Gasteiger partial charge in [-0.1, -0.05) is 0 Å². The molecule has 1 aromatic heterocycles. The maximum atomic E-state index is 11.9. The predicted octanol–water partition coefficient (Wildman–Crippen LogP) is 1.07. The molecule has 0 bridgehead atoms. The van der Waals surface area contributed by atoms with Crippen LogP contribution in [0.1, 0.15) is 29.4 Å². The molecule has 0 N–H and O–H groups in total. The normalized spacial score (nSPS) is 19.4. The first kappa shape index (κ1) is 15.0. The lowest BCUT2D eigenvalue weighted by Crippen LogP contribution is -2.24. The number of esters is 1. The van der Waals surface area contributed by atoms with Gasteiger partial charge >= 0.3 is 5.97 Å². The Balaban J connectivity index is 2.02. The summed E-state index contributed by atoms with van der Waals surface area (Å²) >= 11 is 0. The molecule has 0 spiro atoms. The number of methoxy groups -OCH3 is 1. The average molecular weight is 281 g/mol. The van der Waals surface area contributed by atoms with Crippen molar-refractivity contribution in [3.8, 4) is 0 Å². The summed E-state index contributed by atoms with van der Waals surface area (Å²) in [6.07, 6.45) is 2.73. The molecule has 0 amide bonds. The maximum absolute atomic E-state index is 11.9. The lowest BCUT2D eigenvalue weighted by Gasteiger charge is -2.17. The highest BCUT2D eigenvalue weighted by Crippen LogP contribution is 2.20. The quantitative estimate of drug-likeness (QED) is 0.730. The molecule has 0 radical (unpaired) electrons. The third-order valence-electron chi connectivity index (χ3n) is 3.70. The van der Waals surface area contributed by atoms with Crippen molar-refractivity contribution in [3.63, 3.8) is 0 Å². The van der Waals surface area contributed by atoms with Gasteiger partial charge in [0.05, 0.1) is 25.1 Å². The second-order valence-electron chi connectivity index (χ2n) is 5.19. The first-order chi connectivity index (χ1) is 9.65. The molecule has 1 atom stereocenters. The zero-order valence-electron chi connectivity index (χ0n) is 12.5. The number of likely N-dealkylation sites (tertiary alicyclic amines) is 1. The number of carbonyl (C=O) groups is 1. The van der Waals surface area contributed by atoms with E-state index in [1.54, 1.807) is 18.0 Å². The Morgan fingerprint density at radius 2 is 2.35 bits per heavy atom. The second kappa shape index (κ2) is 6.85. The van der Waals surface area contributed by atoms with E-state index < -0.39 is 0 Å². The van der Waals surface area contributed by atoms with Gasteiger partial charge in [-0.05, 0) is 25.8 Å². The largest absolute Gasteiger partial charge is 0.462 e. The molecule has 0 aliphatic carbocycles.